The number of hydrogen-bond acceptors (Lipinski definition) is 6. The molecule has 7 heteroatoms. The highest BCUT2D eigenvalue weighted by Crippen LogP contribution is 2.20. The first-order valence-electron chi connectivity index (χ1n) is 8.03. The summed E-state index contributed by atoms with van der Waals surface area (Å²) in [6.07, 6.45) is -0.481. The highest BCUT2D eigenvalue weighted by atomic mass is 32.1. The average molecular weight is 357 g/mol. The van der Waals surface area contributed by atoms with Gasteiger partial charge in [-0.3, -0.25) is 0 Å². The lowest BCUT2D eigenvalue weighted by molar-refractivity contribution is 0.122. The summed E-state index contributed by atoms with van der Waals surface area (Å²) >= 11 is 1.57. The van der Waals surface area contributed by atoms with Gasteiger partial charge in [0.25, 0.3) is 0 Å². The number of ether oxygens (including phenoxy) is 2. The number of hydrogen-bond donors (Lipinski definition) is 1. The van der Waals surface area contributed by atoms with E-state index in [9.17, 15) is 4.79 Å². The number of nitrogens with zero attached hydrogens (tertiary/aromatic N) is 2. The van der Waals surface area contributed by atoms with Gasteiger partial charge in [0, 0.05) is 18.5 Å². The first-order valence-corrected chi connectivity index (χ1v) is 8.91. The van der Waals surface area contributed by atoms with Gasteiger partial charge in [-0.1, -0.05) is 36.3 Å². The van der Waals surface area contributed by atoms with Crippen molar-refractivity contribution >= 4 is 22.6 Å². The molecule has 1 aromatic heterocycles. The number of nitrogens with one attached hydrogen (secondary N) is 1. The van der Waals surface area contributed by atoms with Gasteiger partial charge in [0.15, 0.2) is 5.13 Å². The summed E-state index contributed by atoms with van der Waals surface area (Å²) in [5, 5.41) is 5.49. The molecule has 25 heavy (non-hydrogen) atoms. The summed E-state index contributed by atoms with van der Waals surface area (Å²) in [4.78, 5) is 18.3. The van der Waals surface area contributed by atoms with Crippen LogP contribution in [-0.4, -0.2) is 43.9 Å². The fourth-order valence-electron chi connectivity index (χ4n) is 2.25. The molecule has 0 saturated carbocycles. The van der Waals surface area contributed by atoms with Gasteiger partial charge in [0.1, 0.15) is 12.3 Å². The van der Waals surface area contributed by atoms with Crippen LogP contribution in [0.15, 0.2) is 35.7 Å². The molecule has 3 rings (SSSR count). The minimum Gasteiger partial charge on any atom is -0.445 e. The van der Waals surface area contributed by atoms with Gasteiger partial charge in [0.2, 0.25) is 0 Å². The number of benzene rings is 1. The molecule has 130 valence electrons. The largest absolute Gasteiger partial charge is 0.445 e. The molecule has 1 N–H and O–H groups in total. The molecule has 0 aliphatic carbocycles. The van der Waals surface area contributed by atoms with Crippen molar-refractivity contribution in [1.29, 1.82) is 0 Å². The second-order valence-electron chi connectivity index (χ2n) is 5.33. The molecule has 0 spiro atoms. The van der Waals surface area contributed by atoms with E-state index in [0.717, 1.165) is 37.0 Å². The Balaban J connectivity index is 1.40. The number of amides is 1. The van der Waals surface area contributed by atoms with Crippen molar-refractivity contribution in [3.05, 3.63) is 47.0 Å². The second kappa shape index (κ2) is 9.06. The maximum absolute atomic E-state index is 11.6. The lowest BCUT2D eigenvalue weighted by atomic mass is 10.2. The molecule has 1 saturated heterocycles. The zero-order valence-electron chi connectivity index (χ0n) is 13.7. The SMILES string of the molecule is O=C(NCC#Cc1csc(N2CCOCC2)n1)OCc1ccccc1. The Morgan fingerprint density at radius 3 is 2.92 bits per heavy atom. The van der Waals surface area contributed by atoms with Crippen LogP contribution in [0.4, 0.5) is 9.93 Å². The summed E-state index contributed by atoms with van der Waals surface area (Å²) in [5.74, 6) is 5.84. The van der Waals surface area contributed by atoms with Gasteiger partial charge in [-0.05, 0) is 11.5 Å². The zero-order valence-corrected chi connectivity index (χ0v) is 14.6. The van der Waals surface area contributed by atoms with Crippen molar-refractivity contribution in [3.8, 4) is 11.8 Å². The fourth-order valence-corrected chi connectivity index (χ4v) is 3.06. The Labute approximate surface area is 150 Å². The van der Waals surface area contributed by atoms with Crippen molar-refractivity contribution in [2.24, 2.45) is 0 Å². The van der Waals surface area contributed by atoms with Crippen molar-refractivity contribution in [2.45, 2.75) is 6.61 Å². The van der Waals surface area contributed by atoms with Gasteiger partial charge >= 0.3 is 6.09 Å². The molecule has 6 nitrogen and oxygen atoms in total. The molecule has 0 radical (unpaired) electrons. The molecule has 1 aliphatic heterocycles. The van der Waals surface area contributed by atoms with Crippen LogP contribution in [-0.2, 0) is 16.1 Å². The van der Waals surface area contributed by atoms with E-state index in [0.29, 0.717) is 5.69 Å². The van der Waals surface area contributed by atoms with Crippen LogP contribution < -0.4 is 10.2 Å². The zero-order chi connectivity index (χ0) is 17.3. The molecule has 0 bridgehead atoms. The molecular formula is C18H19N3O3S. The molecule has 1 amide bonds. The van der Waals surface area contributed by atoms with Gasteiger partial charge in [-0.15, -0.1) is 11.3 Å². The van der Waals surface area contributed by atoms with Crippen LogP contribution in [0.3, 0.4) is 0 Å². The third-order valence-electron chi connectivity index (χ3n) is 3.52. The number of morpholine rings is 1. The first kappa shape index (κ1) is 17.3. The number of aromatic nitrogens is 1. The van der Waals surface area contributed by atoms with Crippen LogP contribution in [0.2, 0.25) is 0 Å². The van der Waals surface area contributed by atoms with E-state index in [1.807, 2.05) is 35.7 Å². The summed E-state index contributed by atoms with van der Waals surface area (Å²) in [6.45, 7) is 3.64. The van der Waals surface area contributed by atoms with E-state index in [1.165, 1.54) is 0 Å². The molecule has 2 aromatic rings. The smallest absolute Gasteiger partial charge is 0.408 e. The molecule has 1 fully saturated rings. The maximum atomic E-state index is 11.6. The normalized spacial score (nSPS) is 13.7. The summed E-state index contributed by atoms with van der Waals surface area (Å²) in [5.41, 5.74) is 1.66. The highest BCUT2D eigenvalue weighted by molar-refractivity contribution is 7.13. The Morgan fingerprint density at radius 1 is 1.32 bits per heavy atom. The minimum absolute atomic E-state index is 0.220. The topological polar surface area (TPSA) is 63.7 Å². The van der Waals surface area contributed by atoms with E-state index in [-0.39, 0.29) is 13.2 Å². The fraction of sp³-hybridized carbons (Fsp3) is 0.333. The molecule has 0 atom stereocenters. The van der Waals surface area contributed by atoms with Crippen LogP contribution in [0.25, 0.3) is 0 Å². The Kier molecular flexibility index (Phi) is 6.26. The van der Waals surface area contributed by atoms with Gasteiger partial charge < -0.3 is 19.7 Å². The van der Waals surface area contributed by atoms with Crippen LogP contribution in [0, 0.1) is 11.8 Å². The van der Waals surface area contributed by atoms with E-state index in [1.54, 1.807) is 11.3 Å². The number of rotatable bonds is 4. The molecule has 1 aromatic carbocycles. The predicted molar refractivity (Wildman–Crippen MR) is 96.7 cm³/mol. The molecule has 2 heterocycles. The average Bonchev–Trinajstić information content (AvgIpc) is 3.14. The van der Waals surface area contributed by atoms with Crippen LogP contribution in [0.5, 0.6) is 0 Å². The van der Waals surface area contributed by atoms with Gasteiger partial charge in [-0.25, -0.2) is 9.78 Å². The van der Waals surface area contributed by atoms with Crippen molar-refractivity contribution in [3.63, 3.8) is 0 Å². The highest BCUT2D eigenvalue weighted by Gasteiger charge is 2.13. The van der Waals surface area contributed by atoms with Crippen molar-refractivity contribution in [1.82, 2.24) is 10.3 Å². The summed E-state index contributed by atoms with van der Waals surface area (Å²) < 4.78 is 10.4. The number of carbonyl (C=O) groups is 1. The van der Waals surface area contributed by atoms with E-state index in [2.05, 4.69) is 27.0 Å². The predicted octanol–water partition coefficient (Wildman–Crippen LogP) is 2.26. The molecule has 1 aliphatic rings. The monoisotopic (exact) mass is 357 g/mol. The lowest BCUT2D eigenvalue weighted by Gasteiger charge is -2.25. The maximum Gasteiger partial charge on any atom is 0.408 e. The van der Waals surface area contributed by atoms with Gasteiger partial charge in [-0.2, -0.15) is 0 Å². The van der Waals surface area contributed by atoms with Crippen LogP contribution in [0.1, 0.15) is 11.3 Å². The Hall–Kier alpha value is -2.56. The van der Waals surface area contributed by atoms with Gasteiger partial charge in [0.05, 0.1) is 19.8 Å². The molecular weight excluding hydrogens is 338 g/mol. The number of alkyl carbamates (subject to hydrolysis) is 1. The number of anilines is 1. The minimum atomic E-state index is -0.481. The molecule has 0 unspecified atom stereocenters. The van der Waals surface area contributed by atoms with E-state index < -0.39 is 6.09 Å². The third-order valence-corrected chi connectivity index (χ3v) is 4.43. The summed E-state index contributed by atoms with van der Waals surface area (Å²) in [7, 11) is 0. The first-order chi connectivity index (χ1) is 12.3. The van der Waals surface area contributed by atoms with Crippen LogP contribution >= 0.6 is 11.3 Å². The number of carbonyl (C=O) groups excluding carboxylic acids is 1. The summed E-state index contributed by atoms with van der Waals surface area (Å²) in [6, 6.07) is 9.53. The van der Waals surface area contributed by atoms with Crippen molar-refractivity contribution in [2.75, 3.05) is 37.7 Å². The van der Waals surface area contributed by atoms with Crippen molar-refractivity contribution < 1.29 is 14.3 Å². The number of thiazole rings is 1. The Morgan fingerprint density at radius 2 is 2.12 bits per heavy atom. The Bertz CT molecular complexity index is 746. The third kappa shape index (κ3) is 5.48. The second-order valence-corrected chi connectivity index (χ2v) is 6.17. The lowest BCUT2D eigenvalue weighted by Crippen LogP contribution is -2.36. The standard InChI is InChI=1S/C18H19N3O3S/c22-18(24-13-15-5-2-1-3-6-15)19-8-4-7-16-14-25-17(20-16)21-9-11-23-12-10-21/h1-3,5-6,14H,8-13H2,(H,19,22). The quantitative estimate of drug-likeness (QED) is 0.851. The van der Waals surface area contributed by atoms with E-state index >= 15 is 0 Å². The van der Waals surface area contributed by atoms with E-state index in [4.69, 9.17) is 9.47 Å².